The summed E-state index contributed by atoms with van der Waals surface area (Å²) in [6.07, 6.45) is -3.99. The van der Waals surface area contributed by atoms with Gasteiger partial charge in [0.1, 0.15) is 0 Å². The number of aliphatic hydroxyl groups excluding tert-OH is 1. The van der Waals surface area contributed by atoms with Crippen LogP contribution in [0, 0.1) is 5.92 Å². The minimum atomic E-state index is -4.13. The van der Waals surface area contributed by atoms with E-state index in [2.05, 4.69) is 15.9 Å². The van der Waals surface area contributed by atoms with Crippen molar-refractivity contribution in [2.45, 2.75) is 32.0 Å². The van der Waals surface area contributed by atoms with Crippen LogP contribution in [0.15, 0.2) is 22.7 Å². The normalized spacial score (nSPS) is 21.9. The number of anilines is 1. The maximum absolute atomic E-state index is 12.8. The molecule has 112 valence electrons. The average Bonchev–Trinajstić information content (AvgIpc) is 2.37. The summed E-state index contributed by atoms with van der Waals surface area (Å²) in [5.74, 6) is -1.26. The van der Waals surface area contributed by atoms with Gasteiger partial charge in [-0.15, -0.1) is 0 Å². The molecular formula is C14H17BrF3NO. The van der Waals surface area contributed by atoms with Crippen molar-refractivity contribution in [2.24, 2.45) is 5.92 Å². The molecule has 1 N–H and O–H groups in total. The van der Waals surface area contributed by atoms with Crippen molar-refractivity contribution in [2.75, 3.05) is 18.0 Å². The Labute approximate surface area is 124 Å². The quantitative estimate of drug-likeness (QED) is 0.859. The van der Waals surface area contributed by atoms with E-state index in [1.54, 1.807) is 30.0 Å². The van der Waals surface area contributed by atoms with Gasteiger partial charge in [-0.2, -0.15) is 13.2 Å². The van der Waals surface area contributed by atoms with E-state index in [0.29, 0.717) is 13.0 Å². The van der Waals surface area contributed by atoms with Crippen molar-refractivity contribution in [3.8, 4) is 0 Å². The largest absolute Gasteiger partial charge is 0.393 e. The summed E-state index contributed by atoms with van der Waals surface area (Å²) >= 11 is 3.39. The van der Waals surface area contributed by atoms with Gasteiger partial charge in [-0.05, 0) is 53.4 Å². The van der Waals surface area contributed by atoms with Crippen molar-refractivity contribution < 1.29 is 18.3 Å². The van der Waals surface area contributed by atoms with Crippen LogP contribution in [0.25, 0.3) is 0 Å². The summed E-state index contributed by atoms with van der Waals surface area (Å²) < 4.78 is 39.2. The van der Waals surface area contributed by atoms with Crippen molar-refractivity contribution >= 4 is 21.6 Å². The molecule has 0 bridgehead atoms. The van der Waals surface area contributed by atoms with Gasteiger partial charge in [0.25, 0.3) is 0 Å². The molecule has 1 aliphatic rings. The molecule has 1 aromatic rings. The van der Waals surface area contributed by atoms with Crippen molar-refractivity contribution in [3.05, 3.63) is 28.2 Å². The second-order valence-corrected chi connectivity index (χ2v) is 6.07. The standard InChI is InChI=1S/C14H17BrF3NO/c1-9(20)10-4-5-13(12(15)7-10)19-6-2-3-11(8-19)14(16,17)18/h4-5,7,9,11,20H,2-3,6,8H2,1H3. The van der Waals surface area contributed by atoms with Gasteiger partial charge in [0.2, 0.25) is 0 Å². The van der Waals surface area contributed by atoms with Gasteiger partial charge in [-0.3, -0.25) is 0 Å². The zero-order chi connectivity index (χ0) is 14.9. The van der Waals surface area contributed by atoms with Crippen LogP contribution in [0.4, 0.5) is 18.9 Å². The fourth-order valence-corrected chi connectivity index (χ4v) is 3.15. The molecule has 0 aliphatic carbocycles. The highest BCUT2D eigenvalue weighted by Crippen LogP contribution is 2.37. The van der Waals surface area contributed by atoms with Crippen LogP contribution in [-0.4, -0.2) is 24.4 Å². The Morgan fingerprint density at radius 3 is 2.65 bits per heavy atom. The highest BCUT2D eigenvalue weighted by Gasteiger charge is 2.42. The number of rotatable bonds is 2. The molecule has 0 saturated carbocycles. The summed E-state index contributed by atoms with van der Waals surface area (Å²) in [4.78, 5) is 1.76. The molecule has 2 rings (SSSR count). The maximum Gasteiger partial charge on any atom is 0.393 e. The fourth-order valence-electron chi connectivity index (χ4n) is 2.50. The Bertz CT molecular complexity index is 476. The van der Waals surface area contributed by atoms with Crippen LogP contribution < -0.4 is 4.90 Å². The molecule has 1 aliphatic heterocycles. The molecule has 2 atom stereocenters. The lowest BCUT2D eigenvalue weighted by atomic mass is 9.97. The van der Waals surface area contributed by atoms with Crippen LogP contribution in [-0.2, 0) is 0 Å². The van der Waals surface area contributed by atoms with Crippen molar-refractivity contribution in [1.82, 2.24) is 0 Å². The molecule has 6 heteroatoms. The van der Waals surface area contributed by atoms with Crippen LogP contribution in [0.3, 0.4) is 0 Å². The first-order chi connectivity index (χ1) is 9.29. The van der Waals surface area contributed by atoms with Gasteiger partial charge in [0.05, 0.1) is 17.7 Å². The third-order valence-corrected chi connectivity index (χ3v) is 4.31. The molecule has 0 radical (unpaired) electrons. The van der Waals surface area contributed by atoms with Gasteiger partial charge >= 0.3 is 6.18 Å². The SMILES string of the molecule is CC(O)c1ccc(N2CCCC(C(F)(F)F)C2)c(Br)c1. The Morgan fingerprint density at radius 1 is 1.40 bits per heavy atom. The lowest BCUT2D eigenvalue weighted by Gasteiger charge is -2.36. The Balaban J connectivity index is 2.19. The summed E-state index contributed by atoms with van der Waals surface area (Å²) in [5, 5.41) is 9.51. The topological polar surface area (TPSA) is 23.5 Å². The van der Waals surface area contributed by atoms with Crippen LogP contribution >= 0.6 is 15.9 Å². The van der Waals surface area contributed by atoms with Gasteiger partial charge in [0.15, 0.2) is 0 Å². The number of halogens is 4. The van der Waals surface area contributed by atoms with E-state index in [1.165, 1.54) is 0 Å². The van der Waals surface area contributed by atoms with Gasteiger partial charge in [0, 0.05) is 17.6 Å². The molecule has 1 heterocycles. The summed E-state index contributed by atoms with van der Waals surface area (Å²) in [5.41, 5.74) is 1.49. The minimum Gasteiger partial charge on any atom is -0.389 e. The number of piperidine rings is 1. The molecule has 0 aromatic heterocycles. The highest BCUT2D eigenvalue weighted by atomic mass is 79.9. The molecule has 2 nitrogen and oxygen atoms in total. The first-order valence-corrected chi connectivity index (χ1v) is 7.37. The second kappa shape index (κ2) is 5.93. The lowest BCUT2D eigenvalue weighted by molar-refractivity contribution is -0.175. The van der Waals surface area contributed by atoms with E-state index in [9.17, 15) is 18.3 Å². The second-order valence-electron chi connectivity index (χ2n) is 5.21. The Hall–Kier alpha value is -0.750. The minimum absolute atomic E-state index is 0.00384. The number of aliphatic hydroxyl groups is 1. The first-order valence-electron chi connectivity index (χ1n) is 6.58. The predicted octanol–water partition coefficient (Wildman–Crippen LogP) is 4.28. The molecule has 2 unspecified atom stereocenters. The number of benzene rings is 1. The smallest absolute Gasteiger partial charge is 0.389 e. The fraction of sp³-hybridized carbons (Fsp3) is 0.571. The molecule has 1 fully saturated rings. The van der Waals surface area contributed by atoms with E-state index in [4.69, 9.17) is 0 Å². The Morgan fingerprint density at radius 2 is 2.10 bits per heavy atom. The monoisotopic (exact) mass is 351 g/mol. The van der Waals surface area contributed by atoms with Gasteiger partial charge in [-0.25, -0.2) is 0 Å². The maximum atomic E-state index is 12.8. The summed E-state index contributed by atoms with van der Waals surface area (Å²) in [7, 11) is 0. The first kappa shape index (κ1) is 15.6. The molecule has 1 saturated heterocycles. The third kappa shape index (κ3) is 3.47. The summed E-state index contributed by atoms with van der Waals surface area (Å²) in [6, 6.07) is 5.28. The molecule has 1 aromatic carbocycles. The van der Waals surface area contributed by atoms with E-state index in [-0.39, 0.29) is 13.0 Å². The van der Waals surface area contributed by atoms with E-state index >= 15 is 0 Å². The Kier molecular flexibility index (Phi) is 4.64. The summed E-state index contributed by atoms with van der Waals surface area (Å²) in [6.45, 7) is 2.28. The average molecular weight is 352 g/mol. The highest BCUT2D eigenvalue weighted by molar-refractivity contribution is 9.10. The van der Waals surface area contributed by atoms with Crippen LogP contribution in [0.2, 0.25) is 0 Å². The van der Waals surface area contributed by atoms with Crippen LogP contribution in [0.1, 0.15) is 31.4 Å². The molecule has 0 amide bonds. The number of hydrogen-bond donors (Lipinski definition) is 1. The van der Waals surface area contributed by atoms with E-state index < -0.39 is 18.2 Å². The molecule has 20 heavy (non-hydrogen) atoms. The third-order valence-electron chi connectivity index (χ3n) is 3.68. The molecular weight excluding hydrogens is 335 g/mol. The van der Waals surface area contributed by atoms with Crippen LogP contribution in [0.5, 0.6) is 0 Å². The van der Waals surface area contributed by atoms with Crippen molar-refractivity contribution in [1.29, 1.82) is 0 Å². The number of alkyl halides is 3. The number of hydrogen-bond acceptors (Lipinski definition) is 2. The zero-order valence-corrected chi connectivity index (χ0v) is 12.7. The van der Waals surface area contributed by atoms with Crippen molar-refractivity contribution in [3.63, 3.8) is 0 Å². The predicted molar refractivity (Wildman–Crippen MR) is 75.8 cm³/mol. The number of nitrogens with zero attached hydrogens (tertiary/aromatic N) is 1. The van der Waals surface area contributed by atoms with E-state index in [1.807, 2.05) is 0 Å². The molecule has 0 spiro atoms. The van der Waals surface area contributed by atoms with Gasteiger partial charge in [-0.1, -0.05) is 6.07 Å². The van der Waals surface area contributed by atoms with Gasteiger partial charge < -0.3 is 10.0 Å². The van der Waals surface area contributed by atoms with E-state index in [0.717, 1.165) is 15.7 Å². The zero-order valence-electron chi connectivity index (χ0n) is 11.1. The lowest BCUT2D eigenvalue weighted by Crippen LogP contribution is -2.41.